The molecule has 1 saturated carbocycles. The number of halogens is 2. The third-order valence-electron chi connectivity index (χ3n) is 4.75. The summed E-state index contributed by atoms with van der Waals surface area (Å²) in [5, 5.41) is 3.98. The molecule has 6 nitrogen and oxygen atoms in total. The highest BCUT2D eigenvalue weighted by Gasteiger charge is 2.41. The molecule has 1 aliphatic carbocycles. The lowest BCUT2D eigenvalue weighted by atomic mass is 9.77. The van der Waals surface area contributed by atoms with Crippen LogP contribution in [0.3, 0.4) is 0 Å². The molecule has 2 N–H and O–H groups in total. The fourth-order valence-electron chi connectivity index (χ4n) is 3.16. The summed E-state index contributed by atoms with van der Waals surface area (Å²) in [6.07, 6.45) is 2.98. The fraction of sp³-hybridized carbons (Fsp3) is 0.438. The highest BCUT2D eigenvalue weighted by atomic mass is 35.5. The van der Waals surface area contributed by atoms with Gasteiger partial charge in [0.25, 0.3) is 0 Å². The van der Waals surface area contributed by atoms with Gasteiger partial charge in [-0.25, -0.2) is 4.39 Å². The van der Waals surface area contributed by atoms with Crippen LogP contribution in [0.15, 0.2) is 28.8 Å². The maximum absolute atomic E-state index is 13.9. The molecule has 2 aliphatic rings. The van der Waals surface area contributed by atoms with Gasteiger partial charge in [0, 0.05) is 13.0 Å². The molecule has 1 aromatic heterocycles. The van der Waals surface area contributed by atoms with E-state index in [1.165, 1.54) is 11.0 Å². The second kappa shape index (κ2) is 6.14. The Morgan fingerprint density at radius 1 is 1.33 bits per heavy atom. The molecule has 2 aromatic rings. The van der Waals surface area contributed by atoms with E-state index < -0.39 is 11.4 Å². The second-order valence-corrected chi connectivity index (χ2v) is 6.32. The van der Waals surface area contributed by atoms with E-state index in [1.807, 2.05) is 0 Å². The van der Waals surface area contributed by atoms with Gasteiger partial charge in [-0.1, -0.05) is 17.3 Å². The largest absolute Gasteiger partial charge is 0.339 e. The SMILES string of the molecule is Cl.NC1(c2noc(C3CC(=O)N(c4ccccc4F)C3)n2)CCC1. The maximum atomic E-state index is 13.9. The summed E-state index contributed by atoms with van der Waals surface area (Å²) in [4.78, 5) is 18.1. The summed E-state index contributed by atoms with van der Waals surface area (Å²) < 4.78 is 19.2. The van der Waals surface area contributed by atoms with Gasteiger partial charge in [-0.15, -0.1) is 12.4 Å². The van der Waals surface area contributed by atoms with Crippen LogP contribution in [0.2, 0.25) is 0 Å². The lowest BCUT2D eigenvalue weighted by molar-refractivity contribution is -0.117. The summed E-state index contributed by atoms with van der Waals surface area (Å²) in [5.74, 6) is 0.126. The number of benzene rings is 1. The molecular weight excluding hydrogens is 335 g/mol. The second-order valence-electron chi connectivity index (χ2n) is 6.32. The summed E-state index contributed by atoms with van der Waals surface area (Å²) in [5.41, 5.74) is 5.99. The lowest BCUT2D eigenvalue weighted by Gasteiger charge is -2.34. The highest BCUT2D eigenvalue weighted by molar-refractivity contribution is 5.96. The Kier molecular flexibility index (Phi) is 4.31. The van der Waals surface area contributed by atoms with E-state index in [0.29, 0.717) is 18.3 Å². The number of aromatic nitrogens is 2. The first-order chi connectivity index (χ1) is 11.1. The van der Waals surface area contributed by atoms with Crippen LogP contribution in [0.4, 0.5) is 10.1 Å². The third-order valence-corrected chi connectivity index (χ3v) is 4.75. The van der Waals surface area contributed by atoms with Crippen molar-refractivity contribution in [3.05, 3.63) is 41.8 Å². The molecule has 24 heavy (non-hydrogen) atoms. The molecule has 1 atom stereocenters. The summed E-state index contributed by atoms with van der Waals surface area (Å²) in [6, 6.07) is 6.24. The zero-order valence-corrected chi connectivity index (χ0v) is 13.8. The first-order valence-electron chi connectivity index (χ1n) is 7.75. The van der Waals surface area contributed by atoms with Gasteiger partial charge in [0.05, 0.1) is 17.1 Å². The van der Waals surface area contributed by atoms with Gasteiger partial charge in [0.1, 0.15) is 5.82 Å². The van der Waals surface area contributed by atoms with Crippen molar-refractivity contribution in [1.82, 2.24) is 10.1 Å². The van der Waals surface area contributed by atoms with E-state index in [1.54, 1.807) is 18.2 Å². The topological polar surface area (TPSA) is 85.2 Å². The van der Waals surface area contributed by atoms with Gasteiger partial charge in [-0.3, -0.25) is 4.79 Å². The molecule has 0 bridgehead atoms. The number of rotatable bonds is 3. The number of hydrogen-bond donors (Lipinski definition) is 1. The molecule has 0 spiro atoms. The highest BCUT2D eigenvalue weighted by Crippen LogP contribution is 2.38. The summed E-state index contributed by atoms with van der Waals surface area (Å²) in [7, 11) is 0. The van der Waals surface area contributed by atoms with E-state index in [4.69, 9.17) is 10.3 Å². The van der Waals surface area contributed by atoms with Crippen molar-refractivity contribution in [2.45, 2.75) is 37.1 Å². The molecule has 0 radical (unpaired) electrons. The Morgan fingerprint density at radius 3 is 2.75 bits per heavy atom. The number of para-hydroxylation sites is 1. The van der Waals surface area contributed by atoms with E-state index in [2.05, 4.69) is 10.1 Å². The first-order valence-corrected chi connectivity index (χ1v) is 7.75. The van der Waals surface area contributed by atoms with Crippen LogP contribution in [-0.2, 0) is 10.3 Å². The van der Waals surface area contributed by atoms with Gasteiger partial charge in [-0.05, 0) is 31.4 Å². The van der Waals surface area contributed by atoms with Crippen molar-refractivity contribution in [1.29, 1.82) is 0 Å². The van der Waals surface area contributed by atoms with Crippen LogP contribution in [0, 0.1) is 5.82 Å². The van der Waals surface area contributed by atoms with Gasteiger partial charge in [0.2, 0.25) is 11.8 Å². The monoisotopic (exact) mass is 352 g/mol. The van der Waals surface area contributed by atoms with E-state index in [-0.39, 0.29) is 36.3 Å². The van der Waals surface area contributed by atoms with Gasteiger partial charge >= 0.3 is 0 Å². The molecule has 1 saturated heterocycles. The minimum Gasteiger partial charge on any atom is -0.339 e. The fourth-order valence-corrected chi connectivity index (χ4v) is 3.16. The predicted octanol–water partition coefficient (Wildman–Crippen LogP) is 2.49. The Bertz CT molecular complexity index is 762. The third kappa shape index (κ3) is 2.67. The zero-order chi connectivity index (χ0) is 16.0. The predicted molar refractivity (Wildman–Crippen MR) is 87.4 cm³/mol. The molecule has 8 heteroatoms. The van der Waals surface area contributed by atoms with Gasteiger partial charge in [-0.2, -0.15) is 4.98 Å². The van der Waals surface area contributed by atoms with Crippen LogP contribution in [0.5, 0.6) is 0 Å². The first kappa shape index (κ1) is 16.9. The van der Waals surface area contributed by atoms with Crippen molar-refractivity contribution < 1.29 is 13.7 Å². The number of nitrogens with zero attached hydrogens (tertiary/aromatic N) is 3. The molecule has 2 heterocycles. The number of hydrogen-bond acceptors (Lipinski definition) is 5. The average molecular weight is 353 g/mol. The van der Waals surface area contributed by atoms with Gasteiger partial charge in [0.15, 0.2) is 5.82 Å². The quantitative estimate of drug-likeness (QED) is 0.917. The normalized spacial score (nSPS) is 22.2. The maximum Gasteiger partial charge on any atom is 0.232 e. The Balaban J connectivity index is 0.00000169. The smallest absolute Gasteiger partial charge is 0.232 e. The molecule has 1 unspecified atom stereocenters. The number of anilines is 1. The minimum atomic E-state index is -0.490. The molecule has 2 fully saturated rings. The zero-order valence-electron chi connectivity index (χ0n) is 12.9. The van der Waals surface area contributed by atoms with Crippen molar-refractivity contribution in [3.63, 3.8) is 0 Å². The molecule has 128 valence electrons. The Morgan fingerprint density at radius 2 is 2.08 bits per heavy atom. The number of amides is 1. The number of carbonyl (C=O) groups is 1. The van der Waals surface area contributed by atoms with Crippen molar-refractivity contribution >= 4 is 24.0 Å². The molecule has 1 aliphatic heterocycles. The van der Waals surface area contributed by atoms with Crippen LogP contribution < -0.4 is 10.6 Å². The molecular formula is C16H18ClFN4O2. The Hall–Kier alpha value is -1.99. The molecule has 1 amide bonds. The molecule has 1 aromatic carbocycles. The molecule has 4 rings (SSSR count). The van der Waals surface area contributed by atoms with Crippen LogP contribution in [0.25, 0.3) is 0 Å². The van der Waals surface area contributed by atoms with Gasteiger partial charge < -0.3 is 15.2 Å². The van der Waals surface area contributed by atoms with Crippen molar-refractivity contribution in [2.75, 3.05) is 11.4 Å². The Labute approximate surface area is 144 Å². The van der Waals surface area contributed by atoms with Crippen molar-refractivity contribution in [2.24, 2.45) is 5.73 Å². The summed E-state index contributed by atoms with van der Waals surface area (Å²) >= 11 is 0. The van der Waals surface area contributed by atoms with Crippen LogP contribution in [-0.4, -0.2) is 22.6 Å². The van der Waals surface area contributed by atoms with E-state index in [9.17, 15) is 9.18 Å². The van der Waals surface area contributed by atoms with E-state index >= 15 is 0 Å². The lowest BCUT2D eigenvalue weighted by Crippen LogP contribution is -2.44. The number of nitrogens with two attached hydrogens (primary N) is 1. The van der Waals surface area contributed by atoms with E-state index in [0.717, 1.165) is 19.3 Å². The van der Waals surface area contributed by atoms with Crippen LogP contribution >= 0.6 is 12.4 Å². The summed E-state index contributed by atoms with van der Waals surface area (Å²) in [6.45, 7) is 0.332. The number of carbonyl (C=O) groups excluding carboxylic acids is 1. The van der Waals surface area contributed by atoms with Crippen LogP contribution in [0.1, 0.15) is 43.3 Å². The average Bonchev–Trinajstić information content (AvgIpc) is 3.12. The van der Waals surface area contributed by atoms with Crippen molar-refractivity contribution in [3.8, 4) is 0 Å². The minimum absolute atomic E-state index is 0. The standard InChI is InChI=1S/C16H17FN4O2.ClH/c17-11-4-1-2-5-12(11)21-9-10(8-13(21)22)14-19-15(20-23-14)16(18)6-3-7-16;/h1-2,4-5,10H,3,6-9,18H2;1H.